The van der Waals surface area contributed by atoms with Crippen LogP contribution < -0.4 is 5.32 Å². The van der Waals surface area contributed by atoms with E-state index in [1.54, 1.807) is 4.90 Å². The van der Waals surface area contributed by atoms with Crippen LogP contribution in [0.5, 0.6) is 0 Å². The highest BCUT2D eigenvalue weighted by atomic mass is 19.4. The maximum atomic E-state index is 12.7. The molecule has 7 heteroatoms. The van der Waals surface area contributed by atoms with Crippen LogP contribution in [0, 0.1) is 5.92 Å². The Kier molecular flexibility index (Phi) is 5.16. The van der Waals surface area contributed by atoms with Crippen LogP contribution in [0.2, 0.25) is 0 Å². The van der Waals surface area contributed by atoms with Crippen molar-refractivity contribution in [2.75, 3.05) is 32.7 Å². The van der Waals surface area contributed by atoms with Crippen LogP contribution in [0.25, 0.3) is 0 Å². The molecule has 3 rings (SSSR count). The van der Waals surface area contributed by atoms with Crippen LogP contribution in [0.1, 0.15) is 38.5 Å². The summed E-state index contributed by atoms with van der Waals surface area (Å²) in [4.78, 5) is 15.9. The molecule has 23 heavy (non-hydrogen) atoms. The minimum Gasteiger partial charge on any atom is -0.340 e. The van der Waals surface area contributed by atoms with Gasteiger partial charge >= 0.3 is 6.18 Å². The normalized spacial score (nSPS) is 33.3. The smallest absolute Gasteiger partial charge is 0.340 e. The SMILES string of the molecule is O=C(C1CC2CCCCC2N1)N1CCCN(CC(F)(F)F)CC1. The summed E-state index contributed by atoms with van der Waals surface area (Å²) < 4.78 is 37.5. The number of rotatable bonds is 2. The molecule has 4 nitrogen and oxygen atoms in total. The Labute approximate surface area is 135 Å². The van der Waals surface area contributed by atoms with Gasteiger partial charge in [-0.05, 0) is 31.6 Å². The molecular weight excluding hydrogens is 307 g/mol. The topological polar surface area (TPSA) is 35.6 Å². The lowest BCUT2D eigenvalue weighted by Gasteiger charge is -2.25. The molecule has 2 heterocycles. The number of amides is 1. The first kappa shape index (κ1) is 17.0. The summed E-state index contributed by atoms with van der Waals surface area (Å²) in [6.45, 7) is 0.821. The second kappa shape index (κ2) is 6.97. The molecule has 0 radical (unpaired) electrons. The van der Waals surface area contributed by atoms with Gasteiger partial charge in [0.05, 0.1) is 12.6 Å². The molecule has 2 aliphatic heterocycles. The van der Waals surface area contributed by atoms with Crippen molar-refractivity contribution in [1.82, 2.24) is 15.1 Å². The third kappa shape index (κ3) is 4.38. The van der Waals surface area contributed by atoms with E-state index in [-0.39, 0.29) is 11.9 Å². The highest BCUT2D eigenvalue weighted by Crippen LogP contribution is 2.33. The maximum Gasteiger partial charge on any atom is 0.401 e. The summed E-state index contributed by atoms with van der Waals surface area (Å²) in [5.74, 6) is 0.694. The van der Waals surface area contributed by atoms with Crippen LogP contribution in [-0.4, -0.2) is 66.7 Å². The second-order valence-electron chi connectivity index (χ2n) is 7.18. The Morgan fingerprint density at radius 1 is 1.04 bits per heavy atom. The Morgan fingerprint density at radius 2 is 1.83 bits per heavy atom. The Bertz CT molecular complexity index is 415. The fourth-order valence-electron chi connectivity index (χ4n) is 4.33. The van der Waals surface area contributed by atoms with Gasteiger partial charge in [-0.1, -0.05) is 12.8 Å². The zero-order chi connectivity index (χ0) is 16.4. The molecule has 0 aromatic carbocycles. The number of nitrogens with zero attached hydrogens (tertiary/aromatic N) is 2. The molecule has 3 fully saturated rings. The van der Waals surface area contributed by atoms with Gasteiger partial charge in [0.1, 0.15) is 0 Å². The highest BCUT2D eigenvalue weighted by molar-refractivity contribution is 5.82. The minimum absolute atomic E-state index is 0.0910. The fraction of sp³-hybridized carbons (Fsp3) is 0.938. The molecule has 132 valence electrons. The highest BCUT2D eigenvalue weighted by Gasteiger charge is 2.40. The zero-order valence-corrected chi connectivity index (χ0v) is 13.4. The predicted molar refractivity (Wildman–Crippen MR) is 81.0 cm³/mol. The molecule has 0 spiro atoms. The van der Waals surface area contributed by atoms with Crippen molar-refractivity contribution < 1.29 is 18.0 Å². The molecule has 0 aromatic heterocycles. The largest absolute Gasteiger partial charge is 0.401 e. The summed E-state index contributed by atoms with van der Waals surface area (Å²) in [7, 11) is 0. The fourth-order valence-corrected chi connectivity index (χ4v) is 4.33. The molecular formula is C16H26F3N3O. The average Bonchev–Trinajstić information content (AvgIpc) is 2.79. The van der Waals surface area contributed by atoms with E-state index in [1.807, 2.05) is 0 Å². The zero-order valence-electron chi connectivity index (χ0n) is 13.4. The van der Waals surface area contributed by atoms with Gasteiger partial charge in [-0.25, -0.2) is 0 Å². The van der Waals surface area contributed by atoms with Gasteiger partial charge in [0.15, 0.2) is 0 Å². The van der Waals surface area contributed by atoms with Crippen molar-refractivity contribution in [2.45, 2.75) is 56.8 Å². The maximum absolute atomic E-state index is 12.7. The summed E-state index contributed by atoms with van der Waals surface area (Å²) >= 11 is 0. The van der Waals surface area contributed by atoms with Crippen molar-refractivity contribution in [3.63, 3.8) is 0 Å². The molecule has 1 aliphatic carbocycles. The van der Waals surface area contributed by atoms with E-state index in [0.717, 1.165) is 12.8 Å². The molecule has 3 unspecified atom stereocenters. The molecule has 3 aliphatic rings. The number of carbonyl (C=O) groups excluding carboxylic acids is 1. The predicted octanol–water partition coefficient (Wildman–Crippen LogP) is 2.00. The van der Waals surface area contributed by atoms with Crippen LogP contribution >= 0.6 is 0 Å². The number of nitrogens with one attached hydrogen (secondary N) is 1. The van der Waals surface area contributed by atoms with Crippen LogP contribution in [-0.2, 0) is 4.79 Å². The Morgan fingerprint density at radius 3 is 2.57 bits per heavy atom. The van der Waals surface area contributed by atoms with Gasteiger partial charge in [-0.2, -0.15) is 13.2 Å². The summed E-state index contributed by atoms with van der Waals surface area (Å²) in [6, 6.07) is 0.337. The number of alkyl halides is 3. The number of fused-ring (bicyclic) bond motifs is 1. The van der Waals surface area contributed by atoms with Crippen molar-refractivity contribution in [3.8, 4) is 0 Å². The average molecular weight is 333 g/mol. The first-order valence-electron chi connectivity index (χ1n) is 8.76. The van der Waals surface area contributed by atoms with Crippen molar-refractivity contribution in [1.29, 1.82) is 0 Å². The van der Waals surface area contributed by atoms with E-state index in [1.165, 1.54) is 24.2 Å². The van der Waals surface area contributed by atoms with E-state index in [2.05, 4.69) is 5.32 Å². The molecule has 0 bridgehead atoms. The van der Waals surface area contributed by atoms with Crippen molar-refractivity contribution in [3.05, 3.63) is 0 Å². The van der Waals surface area contributed by atoms with Crippen LogP contribution in [0.15, 0.2) is 0 Å². The molecule has 3 atom stereocenters. The third-order valence-electron chi connectivity index (χ3n) is 5.46. The van der Waals surface area contributed by atoms with E-state index in [0.29, 0.717) is 44.6 Å². The van der Waals surface area contributed by atoms with Crippen molar-refractivity contribution in [2.24, 2.45) is 5.92 Å². The number of halogens is 3. The monoisotopic (exact) mass is 333 g/mol. The van der Waals surface area contributed by atoms with Gasteiger partial charge in [-0.3, -0.25) is 9.69 Å². The lowest BCUT2D eigenvalue weighted by atomic mass is 9.85. The van der Waals surface area contributed by atoms with E-state index < -0.39 is 12.7 Å². The molecule has 2 saturated heterocycles. The Hall–Kier alpha value is -0.820. The summed E-state index contributed by atoms with van der Waals surface area (Å²) in [5, 5.41) is 3.48. The van der Waals surface area contributed by atoms with Gasteiger partial charge in [0.25, 0.3) is 0 Å². The van der Waals surface area contributed by atoms with Crippen LogP contribution in [0.3, 0.4) is 0 Å². The number of hydrogen-bond donors (Lipinski definition) is 1. The first-order chi connectivity index (χ1) is 10.9. The lowest BCUT2D eigenvalue weighted by Crippen LogP contribution is -2.47. The van der Waals surface area contributed by atoms with Gasteiger partial charge < -0.3 is 10.2 Å². The number of carbonyl (C=O) groups is 1. The second-order valence-corrected chi connectivity index (χ2v) is 7.18. The minimum atomic E-state index is -4.16. The first-order valence-corrected chi connectivity index (χ1v) is 8.76. The molecule has 1 saturated carbocycles. The summed E-state index contributed by atoms with van der Waals surface area (Å²) in [5.41, 5.74) is 0. The molecule has 1 amide bonds. The van der Waals surface area contributed by atoms with E-state index >= 15 is 0 Å². The van der Waals surface area contributed by atoms with Gasteiger partial charge in [0, 0.05) is 32.2 Å². The quantitative estimate of drug-likeness (QED) is 0.840. The van der Waals surface area contributed by atoms with Crippen molar-refractivity contribution >= 4 is 5.91 Å². The van der Waals surface area contributed by atoms with Gasteiger partial charge in [0.2, 0.25) is 5.91 Å². The van der Waals surface area contributed by atoms with Gasteiger partial charge in [-0.15, -0.1) is 0 Å². The van der Waals surface area contributed by atoms with E-state index in [9.17, 15) is 18.0 Å². The lowest BCUT2D eigenvalue weighted by molar-refractivity contribution is -0.145. The van der Waals surface area contributed by atoms with Crippen LogP contribution in [0.4, 0.5) is 13.2 Å². The number of hydrogen-bond acceptors (Lipinski definition) is 3. The summed E-state index contributed by atoms with van der Waals surface area (Å²) in [6.07, 6.45) is 2.16. The third-order valence-corrected chi connectivity index (χ3v) is 5.46. The standard InChI is InChI=1S/C16H26F3N3O/c17-16(18,19)11-21-6-3-7-22(9-8-21)15(23)14-10-12-4-1-2-5-13(12)20-14/h12-14,20H,1-11H2. The molecule has 0 aromatic rings. The Balaban J connectivity index is 1.52. The molecule has 1 N–H and O–H groups in total. The van der Waals surface area contributed by atoms with E-state index in [4.69, 9.17) is 0 Å².